The third-order valence-electron chi connectivity index (χ3n) is 3.99. The average Bonchev–Trinajstić information content (AvgIpc) is 2.27. The van der Waals surface area contributed by atoms with Crippen molar-refractivity contribution in [2.45, 2.75) is 46.3 Å². The molecule has 3 heteroatoms. The van der Waals surface area contributed by atoms with Gasteiger partial charge in [0.2, 0.25) is 0 Å². The maximum absolute atomic E-state index is 13.1. The molecule has 2 unspecified atom stereocenters. The molecule has 1 N–H and O–H groups in total. The van der Waals surface area contributed by atoms with Gasteiger partial charge < -0.3 is 9.84 Å². The van der Waals surface area contributed by atoms with Crippen LogP contribution in [0.3, 0.4) is 0 Å². The Morgan fingerprint density at radius 3 is 2.67 bits per heavy atom. The molecule has 18 heavy (non-hydrogen) atoms. The molecule has 0 saturated carbocycles. The Hall–Kier alpha value is -1.09. The van der Waals surface area contributed by atoms with Gasteiger partial charge in [-0.15, -0.1) is 0 Å². The molecule has 1 heterocycles. The Morgan fingerprint density at radius 1 is 1.39 bits per heavy atom. The van der Waals surface area contributed by atoms with Crippen molar-refractivity contribution in [3.05, 3.63) is 29.6 Å². The Morgan fingerprint density at radius 2 is 2.06 bits per heavy atom. The SMILES string of the molecule is CC(C1C[C@H](O)c2cc(F)ccc2O1)C(C)(C)C. The van der Waals surface area contributed by atoms with E-state index in [1.165, 1.54) is 12.1 Å². The van der Waals surface area contributed by atoms with Crippen LogP contribution in [0.1, 0.15) is 45.8 Å². The third-order valence-corrected chi connectivity index (χ3v) is 3.99. The van der Waals surface area contributed by atoms with E-state index in [0.717, 1.165) is 0 Å². The lowest BCUT2D eigenvalue weighted by atomic mass is 9.76. The molecule has 0 radical (unpaired) electrons. The molecule has 3 atom stereocenters. The van der Waals surface area contributed by atoms with Gasteiger partial charge in [0, 0.05) is 12.0 Å². The lowest BCUT2D eigenvalue weighted by molar-refractivity contribution is 0.00643. The Labute approximate surface area is 108 Å². The van der Waals surface area contributed by atoms with Gasteiger partial charge >= 0.3 is 0 Å². The van der Waals surface area contributed by atoms with Gasteiger partial charge in [-0.1, -0.05) is 27.7 Å². The van der Waals surface area contributed by atoms with Crippen LogP contribution < -0.4 is 4.74 Å². The van der Waals surface area contributed by atoms with Crippen molar-refractivity contribution >= 4 is 0 Å². The normalized spacial score (nSPS) is 25.2. The standard InChI is InChI=1S/C15H21FO2/c1-9(15(2,3)4)14-8-12(17)11-7-10(16)5-6-13(11)18-14/h5-7,9,12,14,17H,8H2,1-4H3/t9?,12-,14?/m0/s1. The van der Waals surface area contributed by atoms with Crippen molar-refractivity contribution in [2.24, 2.45) is 11.3 Å². The first-order valence-corrected chi connectivity index (χ1v) is 6.43. The van der Waals surface area contributed by atoms with Gasteiger partial charge in [0.05, 0.1) is 6.10 Å². The first kappa shape index (κ1) is 13.3. The molecule has 0 saturated heterocycles. The zero-order chi connectivity index (χ0) is 13.5. The second kappa shape index (κ2) is 4.54. The first-order chi connectivity index (χ1) is 8.29. The van der Waals surface area contributed by atoms with E-state index < -0.39 is 6.10 Å². The highest BCUT2D eigenvalue weighted by Crippen LogP contribution is 2.41. The second-order valence-corrected chi connectivity index (χ2v) is 6.24. The van der Waals surface area contributed by atoms with E-state index in [2.05, 4.69) is 27.7 Å². The molecule has 1 aromatic rings. The molecule has 1 aliphatic rings. The lowest BCUT2D eigenvalue weighted by Gasteiger charge is -2.38. The van der Waals surface area contributed by atoms with Crippen LogP contribution in [0.25, 0.3) is 0 Å². The van der Waals surface area contributed by atoms with Gasteiger partial charge in [0.15, 0.2) is 0 Å². The van der Waals surface area contributed by atoms with Crippen molar-refractivity contribution < 1.29 is 14.2 Å². The van der Waals surface area contributed by atoms with E-state index in [4.69, 9.17) is 4.74 Å². The monoisotopic (exact) mass is 252 g/mol. The van der Waals surface area contributed by atoms with Crippen LogP contribution >= 0.6 is 0 Å². The van der Waals surface area contributed by atoms with Gasteiger partial charge in [0.1, 0.15) is 17.7 Å². The largest absolute Gasteiger partial charge is 0.490 e. The summed E-state index contributed by atoms with van der Waals surface area (Å²) in [7, 11) is 0. The summed E-state index contributed by atoms with van der Waals surface area (Å²) in [5, 5.41) is 10.1. The van der Waals surface area contributed by atoms with E-state index in [1.54, 1.807) is 6.07 Å². The van der Waals surface area contributed by atoms with E-state index in [1.807, 2.05) is 0 Å². The van der Waals surface area contributed by atoms with Crippen molar-refractivity contribution in [3.8, 4) is 5.75 Å². The highest BCUT2D eigenvalue weighted by atomic mass is 19.1. The molecule has 2 rings (SSSR count). The second-order valence-electron chi connectivity index (χ2n) is 6.24. The van der Waals surface area contributed by atoms with Gasteiger partial charge in [-0.05, 0) is 29.5 Å². The summed E-state index contributed by atoms with van der Waals surface area (Å²) in [6.45, 7) is 8.61. The van der Waals surface area contributed by atoms with Gasteiger partial charge in [0.25, 0.3) is 0 Å². The molecule has 100 valence electrons. The van der Waals surface area contributed by atoms with Crippen LogP contribution in [0.15, 0.2) is 18.2 Å². The fourth-order valence-corrected chi connectivity index (χ4v) is 2.31. The predicted molar refractivity (Wildman–Crippen MR) is 69.0 cm³/mol. The van der Waals surface area contributed by atoms with Gasteiger partial charge in [-0.3, -0.25) is 0 Å². The quantitative estimate of drug-likeness (QED) is 0.826. The molecule has 0 aromatic heterocycles. The number of hydrogen-bond acceptors (Lipinski definition) is 2. The van der Waals surface area contributed by atoms with Crippen molar-refractivity contribution in [1.82, 2.24) is 0 Å². The van der Waals surface area contributed by atoms with E-state index in [9.17, 15) is 9.50 Å². The minimum Gasteiger partial charge on any atom is -0.490 e. The average molecular weight is 252 g/mol. The molecule has 2 nitrogen and oxygen atoms in total. The van der Waals surface area contributed by atoms with Crippen molar-refractivity contribution in [3.63, 3.8) is 0 Å². The molecular formula is C15H21FO2. The number of benzene rings is 1. The molecule has 0 amide bonds. The van der Waals surface area contributed by atoms with Crippen LogP contribution in [0.2, 0.25) is 0 Å². The summed E-state index contributed by atoms with van der Waals surface area (Å²) < 4.78 is 19.1. The van der Waals surface area contributed by atoms with Crippen LogP contribution in [0.5, 0.6) is 5.75 Å². The van der Waals surface area contributed by atoms with E-state index in [0.29, 0.717) is 23.7 Å². The minimum absolute atomic E-state index is 0.0297. The summed E-state index contributed by atoms with van der Waals surface area (Å²) in [5.41, 5.74) is 0.675. The van der Waals surface area contributed by atoms with Crippen LogP contribution in [-0.4, -0.2) is 11.2 Å². The smallest absolute Gasteiger partial charge is 0.125 e. The van der Waals surface area contributed by atoms with Crippen molar-refractivity contribution in [1.29, 1.82) is 0 Å². The molecule has 0 spiro atoms. The zero-order valence-electron chi connectivity index (χ0n) is 11.4. The molecular weight excluding hydrogens is 231 g/mol. The first-order valence-electron chi connectivity index (χ1n) is 6.43. The maximum Gasteiger partial charge on any atom is 0.125 e. The molecule has 0 bridgehead atoms. The highest BCUT2D eigenvalue weighted by molar-refractivity contribution is 5.37. The number of rotatable bonds is 1. The van der Waals surface area contributed by atoms with Gasteiger partial charge in [-0.25, -0.2) is 4.39 Å². The lowest BCUT2D eigenvalue weighted by Crippen LogP contribution is -2.37. The number of fused-ring (bicyclic) bond motifs is 1. The topological polar surface area (TPSA) is 29.5 Å². The summed E-state index contributed by atoms with van der Waals surface area (Å²) in [4.78, 5) is 0. The highest BCUT2D eigenvalue weighted by Gasteiger charge is 2.35. The Kier molecular flexibility index (Phi) is 3.37. The number of aliphatic hydroxyl groups excluding tert-OH is 1. The molecule has 1 aromatic carbocycles. The minimum atomic E-state index is -0.640. The maximum atomic E-state index is 13.1. The molecule has 1 aliphatic heterocycles. The number of ether oxygens (including phenoxy) is 1. The summed E-state index contributed by atoms with van der Waals surface area (Å²) in [5.74, 6) is 0.584. The van der Waals surface area contributed by atoms with Gasteiger partial charge in [-0.2, -0.15) is 0 Å². The number of hydrogen-bond donors (Lipinski definition) is 1. The molecule has 0 fully saturated rings. The van der Waals surface area contributed by atoms with Crippen LogP contribution in [-0.2, 0) is 0 Å². The summed E-state index contributed by atoms with van der Waals surface area (Å²) in [6.07, 6.45) is -0.147. The fourth-order valence-electron chi connectivity index (χ4n) is 2.31. The van der Waals surface area contributed by atoms with Crippen LogP contribution in [0.4, 0.5) is 4.39 Å². The summed E-state index contributed by atoms with van der Waals surface area (Å²) >= 11 is 0. The fraction of sp³-hybridized carbons (Fsp3) is 0.600. The molecule has 0 aliphatic carbocycles. The summed E-state index contributed by atoms with van der Waals surface area (Å²) in [6, 6.07) is 4.34. The van der Waals surface area contributed by atoms with Crippen molar-refractivity contribution in [2.75, 3.05) is 0 Å². The predicted octanol–water partition coefficient (Wildman–Crippen LogP) is 3.69. The number of halogens is 1. The van der Waals surface area contributed by atoms with E-state index >= 15 is 0 Å². The zero-order valence-corrected chi connectivity index (χ0v) is 11.4. The number of aliphatic hydroxyl groups is 1. The Bertz CT molecular complexity index is 437. The third kappa shape index (κ3) is 2.51. The van der Waals surface area contributed by atoms with Crippen LogP contribution in [0, 0.1) is 17.2 Å². The Balaban J connectivity index is 2.26. The van der Waals surface area contributed by atoms with E-state index in [-0.39, 0.29) is 17.3 Å².